The van der Waals surface area contributed by atoms with Crippen LogP contribution in [0.25, 0.3) is 0 Å². The minimum Gasteiger partial charge on any atom is -0.494 e. The molecule has 0 aliphatic rings. The number of hydrogen-bond acceptors (Lipinski definition) is 4. The molecule has 0 spiro atoms. The predicted octanol–water partition coefficient (Wildman–Crippen LogP) is 4.03. The molecule has 0 heterocycles. The highest BCUT2D eigenvalue weighted by atomic mass is 32.2. The average molecular weight is 440 g/mol. The highest BCUT2D eigenvalue weighted by Gasteiger charge is 2.20. The van der Waals surface area contributed by atoms with Gasteiger partial charge in [-0.05, 0) is 62.8 Å². The number of rotatable bonds is 12. The lowest BCUT2D eigenvalue weighted by molar-refractivity contribution is 0.287. The Morgan fingerprint density at radius 1 is 1.10 bits per heavy atom. The Labute approximate surface area is 176 Å². The van der Waals surface area contributed by atoms with Gasteiger partial charge in [-0.25, -0.2) is 8.78 Å². The Hall–Kier alpha value is -2.65. The molecule has 0 unspecified atom stereocenters. The summed E-state index contributed by atoms with van der Waals surface area (Å²) in [6.07, 6.45) is 3.74. The fourth-order valence-corrected chi connectivity index (χ4v) is 3.63. The van der Waals surface area contributed by atoms with Crippen molar-refractivity contribution in [2.45, 2.75) is 12.8 Å². The standard InChI is InChI=1S/C21H27F2N3O3S/c1-4-13-25(2)14-5-6-15-29-19-10-8-18(9-11-19)26(3)30(27,28)24-21-16-17(22)7-12-20(21)23/h4,7-12,16,24H,1,5-6,13-15H2,2-3H3. The van der Waals surface area contributed by atoms with Crippen molar-refractivity contribution in [3.63, 3.8) is 0 Å². The summed E-state index contributed by atoms with van der Waals surface area (Å²) >= 11 is 0. The van der Waals surface area contributed by atoms with Crippen LogP contribution in [-0.2, 0) is 10.2 Å². The van der Waals surface area contributed by atoms with Crippen LogP contribution in [0.5, 0.6) is 5.75 Å². The van der Waals surface area contributed by atoms with E-state index < -0.39 is 27.5 Å². The van der Waals surface area contributed by atoms with Crippen molar-refractivity contribution < 1.29 is 21.9 Å². The molecule has 6 nitrogen and oxygen atoms in total. The van der Waals surface area contributed by atoms with Crippen molar-refractivity contribution in [1.29, 1.82) is 0 Å². The summed E-state index contributed by atoms with van der Waals surface area (Å²) in [7, 11) is -0.786. The molecule has 0 bridgehead atoms. The highest BCUT2D eigenvalue weighted by molar-refractivity contribution is 7.94. The number of nitrogens with zero attached hydrogens (tertiary/aromatic N) is 2. The number of unbranched alkanes of at least 4 members (excludes halogenated alkanes) is 1. The van der Waals surface area contributed by atoms with Crippen LogP contribution in [0.1, 0.15) is 12.8 Å². The van der Waals surface area contributed by atoms with Crippen LogP contribution in [-0.4, -0.2) is 47.1 Å². The van der Waals surface area contributed by atoms with Crippen LogP contribution >= 0.6 is 0 Å². The van der Waals surface area contributed by atoms with Gasteiger partial charge in [-0.2, -0.15) is 8.42 Å². The maximum atomic E-state index is 13.7. The van der Waals surface area contributed by atoms with Crippen molar-refractivity contribution in [2.24, 2.45) is 0 Å². The van der Waals surface area contributed by atoms with E-state index in [4.69, 9.17) is 4.74 Å². The van der Waals surface area contributed by atoms with Crippen LogP contribution in [0.2, 0.25) is 0 Å². The average Bonchev–Trinajstić information content (AvgIpc) is 2.70. The first-order chi connectivity index (χ1) is 14.2. The zero-order chi connectivity index (χ0) is 22.1. The number of ether oxygens (including phenoxy) is 1. The highest BCUT2D eigenvalue weighted by Crippen LogP contribution is 2.23. The van der Waals surface area contributed by atoms with E-state index in [2.05, 4.69) is 11.5 Å². The van der Waals surface area contributed by atoms with Crippen LogP contribution < -0.4 is 13.8 Å². The number of nitrogens with one attached hydrogen (secondary N) is 1. The lowest BCUT2D eigenvalue weighted by Crippen LogP contribution is -2.32. The summed E-state index contributed by atoms with van der Waals surface area (Å²) in [6, 6.07) is 9.03. The number of halogens is 2. The molecule has 0 radical (unpaired) electrons. The summed E-state index contributed by atoms with van der Waals surface area (Å²) in [5.41, 5.74) is -0.113. The van der Waals surface area contributed by atoms with Gasteiger partial charge in [0.1, 0.15) is 17.4 Å². The van der Waals surface area contributed by atoms with Crippen LogP contribution in [0, 0.1) is 11.6 Å². The molecule has 0 amide bonds. The van der Waals surface area contributed by atoms with E-state index in [9.17, 15) is 17.2 Å². The molecule has 0 saturated carbocycles. The van der Waals surface area contributed by atoms with E-state index in [1.807, 2.05) is 17.8 Å². The predicted molar refractivity (Wildman–Crippen MR) is 116 cm³/mol. The van der Waals surface area contributed by atoms with Gasteiger partial charge in [-0.1, -0.05) is 6.08 Å². The van der Waals surface area contributed by atoms with Gasteiger partial charge in [0.25, 0.3) is 0 Å². The molecule has 0 aliphatic heterocycles. The molecular formula is C21H27F2N3O3S. The second-order valence-corrected chi connectivity index (χ2v) is 8.50. The van der Waals surface area contributed by atoms with E-state index in [1.165, 1.54) is 7.05 Å². The fraction of sp³-hybridized carbons (Fsp3) is 0.333. The Morgan fingerprint density at radius 2 is 1.80 bits per heavy atom. The van der Waals surface area contributed by atoms with Crippen molar-refractivity contribution >= 4 is 21.6 Å². The number of hydrogen-bond donors (Lipinski definition) is 1. The van der Waals surface area contributed by atoms with Gasteiger partial charge in [0.2, 0.25) is 0 Å². The molecule has 0 atom stereocenters. The maximum absolute atomic E-state index is 13.7. The Morgan fingerprint density at radius 3 is 2.47 bits per heavy atom. The molecule has 0 saturated heterocycles. The number of anilines is 2. The van der Waals surface area contributed by atoms with Gasteiger partial charge in [0, 0.05) is 19.7 Å². The van der Waals surface area contributed by atoms with Gasteiger partial charge in [0.15, 0.2) is 0 Å². The second-order valence-electron chi connectivity index (χ2n) is 6.80. The molecule has 30 heavy (non-hydrogen) atoms. The summed E-state index contributed by atoms with van der Waals surface area (Å²) in [6.45, 7) is 6.06. The fourth-order valence-electron chi connectivity index (χ4n) is 2.66. The molecular weight excluding hydrogens is 412 g/mol. The summed E-state index contributed by atoms with van der Waals surface area (Å²) in [5.74, 6) is -0.994. The zero-order valence-corrected chi connectivity index (χ0v) is 18.0. The first-order valence-electron chi connectivity index (χ1n) is 9.47. The minimum atomic E-state index is -4.13. The van der Waals surface area contributed by atoms with Gasteiger partial charge in [-0.3, -0.25) is 9.03 Å². The first-order valence-corrected chi connectivity index (χ1v) is 10.9. The van der Waals surface area contributed by atoms with Crippen LogP contribution in [0.4, 0.5) is 20.2 Å². The summed E-state index contributed by atoms with van der Waals surface area (Å²) < 4.78 is 60.6. The van der Waals surface area contributed by atoms with E-state index in [-0.39, 0.29) is 0 Å². The Kier molecular flexibility index (Phi) is 8.61. The van der Waals surface area contributed by atoms with Gasteiger partial charge < -0.3 is 9.64 Å². The maximum Gasteiger partial charge on any atom is 0.323 e. The lowest BCUT2D eigenvalue weighted by atomic mass is 10.3. The largest absolute Gasteiger partial charge is 0.494 e. The van der Waals surface area contributed by atoms with Crippen molar-refractivity contribution in [3.05, 3.63) is 66.8 Å². The number of likely N-dealkylation sites (N-methyl/N-ethyl adjacent to an activating group) is 1. The first kappa shape index (κ1) is 23.6. The monoisotopic (exact) mass is 439 g/mol. The molecule has 2 aromatic carbocycles. The van der Waals surface area contributed by atoms with E-state index in [1.54, 1.807) is 24.3 Å². The van der Waals surface area contributed by atoms with Gasteiger partial charge >= 0.3 is 10.2 Å². The molecule has 0 fully saturated rings. The topological polar surface area (TPSA) is 61.9 Å². The molecule has 0 aromatic heterocycles. The summed E-state index contributed by atoms with van der Waals surface area (Å²) in [4.78, 5) is 2.17. The SMILES string of the molecule is C=CCN(C)CCCCOc1ccc(N(C)S(=O)(=O)Nc2cc(F)ccc2F)cc1. The third kappa shape index (κ3) is 7.00. The van der Waals surface area contributed by atoms with E-state index >= 15 is 0 Å². The Balaban J connectivity index is 1.90. The molecule has 2 aromatic rings. The lowest BCUT2D eigenvalue weighted by Gasteiger charge is -2.21. The minimum absolute atomic E-state index is 0.345. The quantitative estimate of drug-likeness (QED) is 0.401. The van der Waals surface area contributed by atoms with Crippen LogP contribution in [0.3, 0.4) is 0 Å². The molecule has 2 rings (SSSR count). The molecule has 9 heteroatoms. The van der Waals surface area contributed by atoms with Crippen molar-refractivity contribution in [2.75, 3.05) is 42.8 Å². The molecule has 164 valence electrons. The van der Waals surface area contributed by atoms with E-state index in [0.29, 0.717) is 18.0 Å². The normalized spacial score (nSPS) is 11.4. The van der Waals surface area contributed by atoms with Crippen molar-refractivity contribution in [1.82, 2.24) is 4.90 Å². The van der Waals surface area contributed by atoms with Crippen molar-refractivity contribution in [3.8, 4) is 5.75 Å². The number of benzene rings is 2. The molecule has 1 N–H and O–H groups in total. The Bertz CT molecular complexity index is 937. The smallest absolute Gasteiger partial charge is 0.323 e. The third-order valence-corrected chi connectivity index (χ3v) is 5.78. The molecule has 0 aliphatic carbocycles. The van der Waals surface area contributed by atoms with Gasteiger partial charge in [-0.15, -0.1) is 6.58 Å². The van der Waals surface area contributed by atoms with Gasteiger partial charge in [0.05, 0.1) is 18.0 Å². The van der Waals surface area contributed by atoms with E-state index in [0.717, 1.165) is 48.4 Å². The zero-order valence-electron chi connectivity index (χ0n) is 17.1. The second kappa shape index (κ2) is 10.9. The van der Waals surface area contributed by atoms with Crippen LogP contribution in [0.15, 0.2) is 55.1 Å². The summed E-state index contributed by atoms with van der Waals surface area (Å²) in [5, 5.41) is 0. The third-order valence-electron chi connectivity index (χ3n) is 4.37.